The summed E-state index contributed by atoms with van der Waals surface area (Å²) in [6, 6.07) is 8.25. The predicted molar refractivity (Wildman–Crippen MR) is 119 cm³/mol. The minimum absolute atomic E-state index is 0.142. The fourth-order valence-electron chi connectivity index (χ4n) is 2.98. The standard InChI is InChI=1S/C21H26F3N7O4/c1-2-3-5-8-14(12-31(35)13-32)18(33)28-30-20-25-11-16(17(26-20)21(22,23)24)19(34)29-27-15-9-6-4-7-10-15/h4,6-7,9-11,13-14,27,35H,2-3,5,8,12H2,1H3,(H,28,33)(H,29,34)(H,25,26,30). The number of alkyl halides is 3. The average Bonchev–Trinajstić information content (AvgIpc) is 2.85. The van der Waals surface area contributed by atoms with Crippen molar-refractivity contribution in [1.29, 1.82) is 0 Å². The molecule has 0 spiro atoms. The Labute approximate surface area is 199 Å². The number of amides is 3. The van der Waals surface area contributed by atoms with Gasteiger partial charge in [-0.2, -0.15) is 13.2 Å². The molecule has 1 heterocycles. The van der Waals surface area contributed by atoms with E-state index >= 15 is 0 Å². The van der Waals surface area contributed by atoms with E-state index < -0.39 is 41.1 Å². The lowest BCUT2D eigenvalue weighted by Crippen LogP contribution is -2.40. The number of nitrogens with zero attached hydrogens (tertiary/aromatic N) is 3. The summed E-state index contributed by atoms with van der Waals surface area (Å²) >= 11 is 0. The molecule has 0 aliphatic heterocycles. The molecule has 1 aromatic heterocycles. The van der Waals surface area contributed by atoms with Gasteiger partial charge in [0.2, 0.25) is 18.3 Å². The van der Waals surface area contributed by atoms with Crippen molar-refractivity contribution in [2.24, 2.45) is 5.92 Å². The van der Waals surface area contributed by atoms with Crippen LogP contribution in [-0.4, -0.2) is 45.0 Å². The lowest BCUT2D eigenvalue weighted by Gasteiger charge is -2.20. The van der Waals surface area contributed by atoms with Crippen molar-refractivity contribution in [3.05, 3.63) is 47.8 Å². The number of rotatable bonds is 13. The summed E-state index contributed by atoms with van der Waals surface area (Å²) in [5.41, 5.74) is 7.09. The van der Waals surface area contributed by atoms with E-state index in [4.69, 9.17) is 0 Å². The minimum Gasteiger partial charge on any atom is -0.298 e. The number of hydrazine groups is 2. The second-order valence-corrected chi connectivity index (χ2v) is 7.43. The van der Waals surface area contributed by atoms with Crippen molar-refractivity contribution >= 4 is 29.9 Å². The Morgan fingerprint density at radius 2 is 1.86 bits per heavy atom. The molecule has 0 bridgehead atoms. The van der Waals surface area contributed by atoms with Crippen LogP contribution in [0.15, 0.2) is 36.5 Å². The van der Waals surface area contributed by atoms with Crippen molar-refractivity contribution in [2.45, 2.75) is 38.8 Å². The molecule has 14 heteroatoms. The molecular formula is C21H26F3N7O4. The summed E-state index contributed by atoms with van der Waals surface area (Å²) in [5, 5.41) is 9.73. The molecule has 5 N–H and O–H groups in total. The third-order valence-corrected chi connectivity index (χ3v) is 4.75. The molecule has 1 atom stereocenters. The van der Waals surface area contributed by atoms with Crippen LogP contribution in [0.5, 0.6) is 0 Å². The number of hydrogen-bond donors (Lipinski definition) is 5. The maximum absolute atomic E-state index is 13.6. The van der Waals surface area contributed by atoms with Crippen LogP contribution >= 0.6 is 0 Å². The van der Waals surface area contributed by atoms with Gasteiger partial charge in [-0.3, -0.25) is 41.3 Å². The SMILES string of the molecule is CCCCCC(CN(O)C=O)C(=O)NNc1ncc(C(=O)NNc2ccccc2)c(C(F)(F)F)n1. The summed E-state index contributed by atoms with van der Waals surface area (Å²) in [6.07, 6.45) is -1.53. The highest BCUT2D eigenvalue weighted by Gasteiger charge is 2.38. The van der Waals surface area contributed by atoms with Gasteiger partial charge in [-0.25, -0.2) is 15.0 Å². The van der Waals surface area contributed by atoms with E-state index in [1.165, 1.54) is 0 Å². The molecule has 0 aliphatic carbocycles. The molecule has 0 saturated heterocycles. The zero-order valence-corrected chi connectivity index (χ0v) is 18.8. The summed E-state index contributed by atoms with van der Waals surface area (Å²) < 4.78 is 40.7. The fraction of sp³-hybridized carbons (Fsp3) is 0.381. The van der Waals surface area contributed by atoms with Gasteiger partial charge in [-0.05, 0) is 18.6 Å². The quantitative estimate of drug-likeness (QED) is 0.123. The lowest BCUT2D eigenvalue weighted by molar-refractivity contribution is -0.154. The Morgan fingerprint density at radius 1 is 1.14 bits per heavy atom. The van der Waals surface area contributed by atoms with Crippen LogP contribution in [0.3, 0.4) is 0 Å². The lowest BCUT2D eigenvalue weighted by atomic mass is 10.0. The van der Waals surface area contributed by atoms with E-state index in [0.717, 1.165) is 12.8 Å². The number of carbonyl (C=O) groups is 3. The van der Waals surface area contributed by atoms with E-state index in [2.05, 4.69) is 31.7 Å². The first-order valence-corrected chi connectivity index (χ1v) is 10.7. The summed E-state index contributed by atoms with van der Waals surface area (Å²) in [7, 11) is 0. The molecule has 2 aromatic rings. The third kappa shape index (κ3) is 8.73. The van der Waals surface area contributed by atoms with Gasteiger partial charge in [-0.15, -0.1) is 0 Å². The average molecular weight is 497 g/mol. The van der Waals surface area contributed by atoms with Crippen LogP contribution < -0.4 is 21.7 Å². The fourth-order valence-corrected chi connectivity index (χ4v) is 2.98. The molecule has 0 fully saturated rings. The molecule has 2 rings (SSSR count). The van der Waals surface area contributed by atoms with E-state index in [-0.39, 0.29) is 13.0 Å². The number of carbonyl (C=O) groups excluding carboxylic acids is 3. The number of unbranched alkanes of at least 4 members (excludes halogenated alkanes) is 2. The zero-order chi connectivity index (χ0) is 25.8. The van der Waals surface area contributed by atoms with Crippen molar-refractivity contribution in [3.63, 3.8) is 0 Å². The van der Waals surface area contributed by atoms with Crippen LogP contribution in [0.2, 0.25) is 0 Å². The number of para-hydroxylation sites is 1. The largest absolute Gasteiger partial charge is 0.434 e. The van der Waals surface area contributed by atoms with E-state index in [1.807, 2.05) is 6.92 Å². The maximum atomic E-state index is 13.6. The summed E-state index contributed by atoms with van der Waals surface area (Å²) in [6.45, 7) is 1.65. The van der Waals surface area contributed by atoms with Gasteiger partial charge in [0, 0.05) is 6.20 Å². The molecule has 35 heavy (non-hydrogen) atoms. The normalized spacial score (nSPS) is 11.8. The van der Waals surface area contributed by atoms with Gasteiger partial charge < -0.3 is 0 Å². The molecule has 1 aromatic carbocycles. The van der Waals surface area contributed by atoms with E-state index in [9.17, 15) is 32.8 Å². The topological polar surface area (TPSA) is 149 Å². The van der Waals surface area contributed by atoms with Crippen molar-refractivity contribution < 1.29 is 32.8 Å². The van der Waals surface area contributed by atoms with Crippen LogP contribution in [0.4, 0.5) is 24.8 Å². The second kappa shape index (κ2) is 13.1. The summed E-state index contributed by atoms with van der Waals surface area (Å²) in [5.74, 6) is -3.25. The first-order valence-electron chi connectivity index (χ1n) is 10.7. The smallest absolute Gasteiger partial charge is 0.298 e. The van der Waals surface area contributed by atoms with Gasteiger partial charge >= 0.3 is 6.18 Å². The maximum Gasteiger partial charge on any atom is 0.434 e. The van der Waals surface area contributed by atoms with Gasteiger partial charge in [0.15, 0.2) is 5.69 Å². The van der Waals surface area contributed by atoms with Gasteiger partial charge in [0.25, 0.3) is 5.91 Å². The number of nitrogens with one attached hydrogen (secondary N) is 4. The highest BCUT2D eigenvalue weighted by atomic mass is 19.4. The highest BCUT2D eigenvalue weighted by molar-refractivity contribution is 5.96. The second-order valence-electron chi connectivity index (χ2n) is 7.43. The number of hydroxylamine groups is 2. The number of benzene rings is 1. The Morgan fingerprint density at radius 3 is 2.49 bits per heavy atom. The molecule has 0 radical (unpaired) electrons. The van der Waals surface area contributed by atoms with Crippen LogP contribution in [0, 0.1) is 5.92 Å². The first kappa shape index (κ1) is 27.3. The molecule has 3 amide bonds. The predicted octanol–water partition coefficient (Wildman–Crippen LogP) is 2.74. The van der Waals surface area contributed by atoms with E-state index in [1.54, 1.807) is 30.3 Å². The van der Waals surface area contributed by atoms with Gasteiger partial charge in [0.1, 0.15) is 0 Å². The van der Waals surface area contributed by atoms with Crippen LogP contribution in [0.1, 0.15) is 48.7 Å². The Balaban J connectivity index is 2.10. The third-order valence-electron chi connectivity index (χ3n) is 4.75. The molecule has 0 saturated carbocycles. The number of aromatic nitrogens is 2. The zero-order valence-electron chi connectivity index (χ0n) is 18.8. The van der Waals surface area contributed by atoms with Crippen molar-refractivity contribution in [1.82, 2.24) is 25.9 Å². The Bertz CT molecular complexity index is 993. The van der Waals surface area contributed by atoms with Crippen molar-refractivity contribution in [3.8, 4) is 0 Å². The molecule has 0 aliphatic rings. The van der Waals surface area contributed by atoms with Crippen LogP contribution in [0.25, 0.3) is 0 Å². The van der Waals surface area contributed by atoms with Gasteiger partial charge in [-0.1, -0.05) is 44.4 Å². The Hall–Kier alpha value is -3.94. The van der Waals surface area contributed by atoms with E-state index in [0.29, 0.717) is 29.8 Å². The number of halogens is 3. The Kier molecular flexibility index (Phi) is 10.2. The number of hydrogen-bond acceptors (Lipinski definition) is 8. The van der Waals surface area contributed by atoms with Crippen molar-refractivity contribution in [2.75, 3.05) is 17.4 Å². The first-order chi connectivity index (χ1) is 16.7. The highest BCUT2D eigenvalue weighted by Crippen LogP contribution is 2.30. The molecular weight excluding hydrogens is 471 g/mol. The minimum atomic E-state index is -4.99. The van der Waals surface area contributed by atoms with Gasteiger partial charge in [0.05, 0.1) is 23.7 Å². The van der Waals surface area contributed by atoms with Crippen LogP contribution in [-0.2, 0) is 15.8 Å². The molecule has 190 valence electrons. The monoisotopic (exact) mass is 497 g/mol. The summed E-state index contributed by atoms with van der Waals surface area (Å²) in [4.78, 5) is 42.5. The number of anilines is 2. The molecule has 11 nitrogen and oxygen atoms in total. The molecule has 1 unspecified atom stereocenters.